The first kappa shape index (κ1) is 12.8. The molecule has 0 saturated heterocycles. The van der Waals surface area contributed by atoms with Gasteiger partial charge in [0.25, 0.3) is 5.91 Å². The van der Waals surface area contributed by atoms with Crippen molar-refractivity contribution in [2.45, 2.75) is 26.2 Å². The summed E-state index contributed by atoms with van der Waals surface area (Å²) >= 11 is 3.47. The van der Waals surface area contributed by atoms with Crippen molar-refractivity contribution in [1.29, 1.82) is 0 Å². The fourth-order valence-corrected chi connectivity index (χ4v) is 2.14. The number of aryl methyl sites for hydroxylation is 1. The fourth-order valence-electron chi connectivity index (χ4n) is 1.13. The number of carbonyl (C=O) groups is 1. The van der Waals surface area contributed by atoms with E-state index in [4.69, 9.17) is 0 Å². The summed E-state index contributed by atoms with van der Waals surface area (Å²) in [6.45, 7) is 2.79. The molecule has 0 atom stereocenters. The van der Waals surface area contributed by atoms with Crippen molar-refractivity contribution in [2.24, 2.45) is 0 Å². The van der Waals surface area contributed by atoms with E-state index in [-0.39, 0.29) is 5.91 Å². The van der Waals surface area contributed by atoms with Gasteiger partial charge in [-0.05, 0) is 24.4 Å². The van der Waals surface area contributed by atoms with Crippen molar-refractivity contribution in [3.63, 3.8) is 0 Å². The minimum Gasteiger partial charge on any atom is -0.351 e. The molecule has 0 spiro atoms. The van der Waals surface area contributed by atoms with E-state index in [1.165, 1.54) is 11.5 Å². The number of hydrogen-bond acceptors (Lipinski definition) is 4. The summed E-state index contributed by atoms with van der Waals surface area (Å²) in [5, 5.41) is 6.83. The first-order valence-corrected chi connectivity index (χ1v) is 7.24. The van der Waals surface area contributed by atoms with Gasteiger partial charge in [-0.1, -0.05) is 40.4 Å². The zero-order valence-electron chi connectivity index (χ0n) is 8.62. The second-order valence-electron chi connectivity index (χ2n) is 3.10. The van der Waals surface area contributed by atoms with Crippen molar-refractivity contribution in [3.8, 4) is 0 Å². The summed E-state index contributed by atoms with van der Waals surface area (Å²) in [5.41, 5.74) is 0.828. The summed E-state index contributed by atoms with van der Waals surface area (Å²) in [7, 11) is 0. The number of rotatable bonds is 6. The number of aromatic nitrogens is 2. The molecule has 0 aliphatic heterocycles. The van der Waals surface area contributed by atoms with Crippen LogP contribution in [0.25, 0.3) is 0 Å². The third kappa shape index (κ3) is 4.02. The van der Waals surface area contributed by atoms with Crippen LogP contribution in [0.15, 0.2) is 0 Å². The standard InChI is InChI=1S/C9H14IN3OS/c1-2-4-7-8(15-13-12-7)9(14)11-6-3-5-10/h2-6H2,1H3,(H,11,14). The first-order chi connectivity index (χ1) is 7.29. The molecule has 1 heterocycles. The highest BCUT2D eigenvalue weighted by atomic mass is 127. The number of carbonyl (C=O) groups excluding carboxylic acids is 1. The Kier molecular flexibility index (Phi) is 6.07. The predicted octanol–water partition coefficient (Wildman–Crippen LogP) is 2.05. The molecule has 0 bridgehead atoms. The molecule has 0 fully saturated rings. The quantitative estimate of drug-likeness (QED) is 0.490. The lowest BCUT2D eigenvalue weighted by Crippen LogP contribution is -2.24. The number of amides is 1. The lowest BCUT2D eigenvalue weighted by Gasteiger charge is -2.02. The molecule has 1 amide bonds. The van der Waals surface area contributed by atoms with E-state index in [0.29, 0.717) is 4.88 Å². The Balaban J connectivity index is 2.53. The van der Waals surface area contributed by atoms with E-state index in [0.717, 1.165) is 35.9 Å². The molecular formula is C9H14IN3OS. The highest BCUT2D eigenvalue weighted by Crippen LogP contribution is 2.12. The molecule has 1 rings (SSSR count). The van der Waals surface area contributed by atoms with Crippen LogP contribution in [0, 0.1) is 0 Å². The molecule has 0 unspecified atom stereocenters. The Morgan fingerprint density at radius 3 is 3.07 bits per heavy atom. The average Bonchev–Trinajstić information content (AvgIpc) is 2.67. The number of alkyl halides is 1. The van der Waals surface area contributed by atoms with Crippen LogP contribution < -0.4 is 5.32 Å². The van der Waals surface area contributed by atoms with E-state index in [2.05, 4.69) is 44.4 Å². The monoisotopic (exact) mass is 339 g/mol. The molecule has 4 nitrogen and oxygen atoms in total. The fraction of sp³-hybridized carbons (Fsp3) is 0.667. The molecule has 0 aliphatic rings. The van der Waals surface area contributed by atoms with Crippen LogP contribution in [-0.4, -0.2) is 26.5 Å². The number of nitrogens with one attached hydrogen (secondary N) is 1. The van der Waals surface area contributed by atoms with Gasteiger partial charge in [-0.2, -0.15) is 0 Å². The van der Waals surface area contributed by atoms with Crippen LogP contribution in [-0.2, 0) is 6.42 Å². The topological polar surface area (TPSA) is 54.9 Å². The summed E-state index contributed by atoms with van der Waals surface area (Å²) in [6, 6.07) is 0. The van der Waals surface area contributed by atoms with Gasteiger partial charge < -0.3 is 5.32 Å². The Bertz CT molecular complexity index is 316. The number of nitrogens with zero attached hydrogens (tertiary/aromatic N) is 2. The van der Waals surface area contributed by atoms with Gasteiger partial charge in [0, 0.05) is 11.0 Å². The molecule has 1 N–H and O–H groups in total. The summed E-state index contributed by atoms with van der Waals surface area (Å²) in [6.07, 6.45) is 2.81. The van der Waals surface area contributed by atoms with Gasteiger partial charge in [0.1, 0.15) is 4.88 Å². The first-order valence-electron chi connectivity index (χ1n) is 4.95. The Morgan fingerprint density at radius 2 is 2.40 bits per heavy atom. The van der Waals surface area contributed by atoms with Gasteiger partial charge in [-0.25, -0.2) is 0 Å². The molecule has 0 radical (unpaired) electrons. The highest BCUT2D eigenvalue weighted by molar-refractivity contribution is 14.1. The van der Waals surface area contributed by atoms with Gasteiger partial charge >= 0.3 is 0 Å². The van der Waals surface area contributed by atoms with Crippen LogP contribution in [0.3, 0.4) is 0 Å². The molecule has 6 heteroatoms. The smallest absolute Gasteiger partial charge is 0.264 e. The second kappa shape index (κ2) is 7.10. The van der Waals surface area contributed by atoms with Crippen molar-refractivity contribution in [3.05, 3.63) is 10.6 Å². The molecule has 84 valence electrons. The molecule has 0 aromatic carbocycles. The summed E-state index contributed by atoms with van der Waals surface area (Å²) in [4.78, 5) is 12.4. The van der Waals surface area contributed by atoms with Crippen molar-refractivity contribution in [2.75, 3.05) is 11.0 Å². The Labute approximate surface area is 107 Å². The molecule has 15 heavy (non-hydrogen) atoms. The number of hydrogen-bond donors (Lipinski definition) is 1. The largest absolute Gasteiger partial charge is 0.351 e. The Hall–Kier alpha value is -0.240. The molecule has 1 aromatic heterocycles. The van der Waals surface area contributed by atoms with Crippen LogP contribution in [0.2, 0.25) is 0 Å². The number of halogens is 1. The molecular weight excluding hydrogens is 325 g/mol. The maximum Gasteiger partial charge on any atom is 0.264 e. The Morgan fingerprint density at radius 1 is 1.60 bits per heavy atom. The normalized spacial score (nSPS) is 10.3. The van der Waals surface area contributed by atoms with E-state index >= 15 is 0 Å². The second-order valence-corrected chi connectivity index (χ2v) is 4.93. The van der Waals surface area contributed by atoms with Gasteiger partial charge in [0.05, 0.1) is 5.69 Å². The molecule has 0 saturated carbocycles. The zero-order valence-corrected chi connectivity index (χ0v) is 11.6. The predicted molar refractivity (Wildman–Crippen MR) is 69.7 cm³/mol. The summed E-state index contributed by atoms with van der Waals surface area (Å²) in [5.74, 6) is -0.0294. The van der Waals surface area contributed by atoms with Crippen molar-refractivity contribution < 1.29 is 4.79 Å². The zero-order chi connectivity index (χ0) is 11.1. The van der Waals surface area contributed by atoms with Crippen LogP contribution in [0.5, 0.6) is 0 Å². The van der Waals surface area contributed by atoms with E-state index in [1.807, 2.05) is 0 Å². The van der Waals surface area contributed by atoms with Gasteiger partial charge in [0.15, 0.2) is 0 Å². The molecule has 0 aliphatic carbocycles. The van der Waals surface area contributed by atoms with Crippen LogP contribution in [0.4, 0.5) is 0 Å². The lowest BCUT2D eigenvalue weighted by molar-refractivity contribution is 0.0957. The minimum absolute atomic E-state index is 0.0294. The SMILES string of the molecule is CCCc1nnsc1C(=O)NCCCI. The van der Waals surface area contributed by atoms with Crippen molar-refractivity contribution >= 4 is 40.0 Å². The lowest BCUT2D eigenvalue weighted by atomic mass is 10.2. The van der Waals surface area contributed by atoms with Crippen LogP contribution >= 0.6 is 34.1 Å². The third-order valence-electron chi connectivity index (χ3n) is 1.84. The van der Waals surface area contributed by atoms with Gasteiger partial charge in [-0.15, -0.1) is 5.10 Å². The average molecular weight is 339 g/mol. The third-order valence-corrected chi connectivity index (χ3v) is 3.37. The maximum atomic E-state index is 11.7. The molecule has 1 aromatic rings. The van der Waals surface area contributed by atoms with E-state index in [9.17, 15) is 4.79 Å². The van der Waals surface area contributed by atoms with E-state index in [1.54, 1.807) is 0 Å². The highest BCUT2D eigenvalue weighted by Gasteiger charge is 2.14. The van der Waals surface area contributed by atoms with Gasteiger partial charge in [-0.3, -0.25) is 4.79 Å². The van der Waals surface area contributed by atoms with Crippen LogP contribution in [0.1, 0.15) is 35.1 Å². The van der Waals surface area contributed by atoms with E-state index < -0.39 is 0 Å². The van der Waals surface area contributed by atoms with Gasteiger partial charge in [0.2, 0.25) is 0 Å². The minimum atomic E-state index is -0.0294. The summed E-state index contributed by atoms with van der Waals surface area (Å²) < 4.78 is 4.88. The maximum absolute atomic E-state index is 11.7. The van der Waals surface area contributed by atoms with Crippen molar-refractivity contribution in [1.82, 2.24) is 14.9 Å².